The lowest BCUT2D eigenvalue weighted by Gasteiger charge is -2.16. The van der Waals surface area contributed by atoms with Crippen LogP contribution in [0.3, 0.4) is 0 Å². The highest BCUT2D eigenvalue weighted by molar-refractivity contribution is 9.10. The normalized spacial score (nSPS) is 21.0. The molecule has 0 saturated carbocycles. The number of aryl methyl sites for hydroxylation is 1. The van der Waals surface area contributed by atoms with Crippen LogP contribution in [0.4, 0.5) is 0 Å². The Morgan fingerprint density at radius 1 is 1.25 bits per heavy atom. The molecule has 24 heavy (non-hydrogen) atoms. The molecule has 0 spiro atoms. The van der Waals surface area contributed by atoms with Crippen molar-refractivity contribution in [3.63, 3.8) is 0 Å². The quantitative estimate of drug-likeness (QED) is 0.839. The van der Waals surface area contributed by atoms with Gasteiger partial charge in [-0.05, 0) is 42.2 Å². The third-order valence-electron chi connectivity index (χ3n) is 4.69. The van der Waals surface area contributed by atoms with Crippen molar-refractivity contribution in [2.75, 3.05) is 6.61 Å². The maximum absolute atomic E-state index is 10.9. The summed E-state index contributed by atoms with van der Waals surface area (Å²) in [7, 11) is 0. The predicted molar refractivity (Wildman–Crippen MR) is 92.8 cm³/mol. The standard InChI is InChI=1S/C19H17BrO4/c20-13-3-1-11-2-6-17(16(11)8-13)24-14-4-5-15-12(7-19(21)22)10-23-18(15)9-14/h1,3-5,8-9,12,17H,2,6-7,10H2,(H,21,22)/t12-,17?/m1/s1. The van der Waals surface area contributed by atoms with E-state index in [1.54, 1.807) is 0 Å². The second-order valence-corrected chi connectivity index (χ2v) is 7.21. The third-order valence-corrected chi connectivity index (χ3v) is 5.19. The molecule has 4 rings (SSSR count). The highest BCUT2D eigenvalue weighted by atomic mass is 79.9. The van der Waals surface area contributed by atoms with Crippen molar-refractivity contribution in [1.29, 1.82) is 0 Å². The molecule has 1 aliphatic heterocycles. The van der Waals surface area contributed by atoms with Crippen molar-refractivity contribution in [1.82, 2.24) is 0 Å². The van der Waals surface area contributed by atoms with Crippen molar-refractivity contribution < 1.29 is 19.4 Å². The average molecular weight is 389 g/mol. The molecule has 1 N–H and O–H groups in total. The molecule has 1 aliphatic carbocycles. The number of aliphatic carboxylic acids is 1. The van der Waals surface area contributed by atoms with Gasteiger partial charge in [-0.2, -0.15) is 0 Å². The van der Waals surface area contributed by atoms with Gasteiger partial charge >= 0.3 is 5.97 Å². The Morgan fingerprint density at radius 3 is 2.96 bits per heavy atom. The minimum absolute atomic E-state index is 0.0479. The Morgan fingerprint density at radius 2 is 2.12 bits per heavy atom. The SMILES string of the molecule is O=C(O)C[C@@H]1COc2cc(OC3CCc4ccc(Br)cc43)ccc21. The monoisotopic (exact) mass is 388 g/mol. The highest BCUT2D eigenvalue weighted by Gasteiger charge is 2.28. The number of benzene rings is 2. The Balaban J connectivity index is 1.54. The number of carbonyl (C=O) groups is 1. The summed E-state index contributed by atoms with van der Waals surface area (Å²) in [5.74, 6) is 0.633. The molecule has 5 heteroatoms. The van der Waals surface area contributed by atoms with Crippen molar-refractivity contribution >= 4 is 21.9 Å². The molecule has 2 aliphatic rings. The molecule has 2 atom stereocenters. The molecule has 0 amide bonds. The molecule has 0 bridgehead atoms. The summed E-state index contributed by atoms with van der Waals surface area (Å²) in [5, 5.41) is 8.98. The summed E-state index contributed by atoms with van der Waals surface area (Å²) in [6.45, 7) is 0.421. The van der Waals surface area contributed by atoms with E-state index in [2.05, 4.69) is 34.1 Å². The minimum atomic E-state index is -0.801. The fourth-order valence-corrected chi connectivity index (χ4v) is 3.91. The molecule has 0 fully saturated rings. The summed E-state index contributed by atoms with van der Waals surface area (Å²) in [5.41, 5.74) is 3.52. The number of carboxylic acids is 1. The first-order valence-electron chi connectivity index (χ1n) is 8.03. The fourth-order valence-electron chi connectivity index (χ4n) is 3.53. The summed E-state index contributed by atoms with van der Waals surface area (Å²) >= 11 is 3.52. The predicted octanol–water partition coefficient (Wildman–Crippen LogP) is 4.47. The molecule has 2 aromatic rings. The van der Waals surface area contributed by atoms with Gasteiger partial charge in [0.1, 0.15) is 17.6 Å². The van der Waals surface area contributed by atoms with Crippen molar-refractivity contribution in [2.24, 2.45) is 0 Å². The number of halogens is 1. The smallest absolute Gasteiger partial charge is 0.304 e. The lowest BCUT2D eigenvalue weighted by molar-refractivity contribution is -0.137. The van der Waals surface area contributed by atoms with Gasteiger partial charge < -0.3 is 14.6 Å². The largest absolute Gasteiger partial charge is 0.492 e. The molecule has 1 unspecified atom stereocenters. The summed E-state index contributed by atoms with van der Waals surface area (Å²) < 4.78 is 12.9. The first-order valence-corrected chi connectivity index (χ1v) is 8.83. The van der Waals surface area contributed by atoms with Crippen molar-refractivity contribution in [3.05, 3.63) is 57.6 Å². The van der Waals surface area contributed by atoms with Gasteiger partial charge in [-0.15, -0.1) is 0 Å². The van der Waals surface area contributed by atoms with Crippen LogP contribution in [0.1, 0.15) is 41.6 Å². The van der Waals surface area contributed by atoms with Crippen LogP contribution in [-0.2, 0) is 11.2 Å². The zero-order valence-corrected chi connectivity index (χ0v) is 14.6. The minimum Gasteiger partial charge on any atom is -0.492 e. The fraction of sp³-hybridized carbons (Fsp3) is 0.316. The van der Waals surface area contributed by atoms with Gasteiger partial charge in [0.15, 0.2) is 0 Å². The van der Waals surface area contributed by atoms with Gasteiger partial charge in [0, 0.05) is 22.0 Å². The number of ether oxygens (including phenoxy) is 2. The number of hydrogen-bond donors (Lipinski definition) is 1. The number of hydrogen-bond acceptors (Lipinski definition) is 3. The average Bonchev–Trinajstić information content (AvgIpc) is 3.11. The first kappa shape index (κ1) is 15.5. The molecule has 0 radical (unpaired) electrons. The second kappa shape index (κ2) is 6.13. The molecule has 0 aromatic heterocycles. The maximum atomic E-state index is 10.9. The third kappa shape index (κ3) is 2.88. The van der Waals surface area contributed by atoms with Gasteiger partial charge in [0.2, 0.25) is 0 Å². The number of rotatable bonds is 4. The van der Waals surface area contributed by atoms with E-state index in [0.29, 0.717) is 6.61 Å². The van der Waals surface area contributed by atoms with Crippen LogP contribution in [0, 0.1) is 0 Å². The molecule has 4 nitrogen and oxygen atoms in total. The molecular weight excluding hydrogens is 372 g/mol. The Labute approximate surface area is 148 Å². The highest BCUT2D eigenvalue weighted by Crippen LogP contribution is 2.41. The van der Waals surface area contributed by atoms with Crippen LogP contribution in [0.5, 0.6) is 11.5 Å². The molecule has 2 aromatic carbocycles. The lowest BCUT2D eigenvalue weighted by Crippen LogP contribution is -2.07. The van der Waals surface area contributed by atoms with Crippen LogP contribution in [-0.4, -0.2) is 17.7 Å². The Bertz CT molecular complexity index is 802. The van der Waals surface area contributed by atoms with E-state index in [4.69, 9.17) is 14.6 Å². The number of carboxylic acid groups (broad SMARTS) is 1. The Hall–Kier alpha value is -2.01. The van der Waals surface area contributed by atoms with Crippen LogP contribution in [0.2, 0.25) is 0 Å². The molecule has 0 saturated heterocycles. The Kier molecular flexibility index (Phi) is 3.96. The van der Waals surface area contributed by atoms with Gasteiger partial charge in [-0.1, -0.05) is 28.1 Å². The van der Waals surface area contributed by atoms with Crippen molar-refractivity contribution in [3.8, 4) is 11.5 Å². The summed E-state index contributed by atoms with van der Waals surface area (Å²) in [6, 6.07) is 12.1. The molecular formula is C19H17BrO4. The van der Waals surface area contributed by atoms with Crippen LogP contribution >= 0.6 is 15.9 Å². The van der Waals surface area contributed by atoms with E-state index in [1.807, 2.05) is 18.2 Å². The van der Waals surface area contributed by atoms with Crippen LogP contribution in [0.15, 0.2) is 40.9 Å². The van der Waals surface area contributed by atoms with E-state index in [9.17, 15) is 4.79 Å². The maximum Gasteiger partial charge on any atom is 0.304 e. The van der Waals surface area contributed by atoms with Gasteiger partial charge in [-0.3, -0.25) is 4.79 Å². The van der Waals surface area contributed by atoms with Crippen molar-refractivity contribution in [2.45, 2.75) is 31.3 Å². The zero-order chi connectivity index (χ0) is 16.7. The summed E-state index contributed by atoms with van der Waals surface area (Å²) in [4.78, 5) is 10.9. The van der Waals surface area contributed by atoms with E-state index >= 15 is 0 Å². The van der Waals surface area contributed by atoms with E-state index in [-0.39, 0.29) is 18.4 Å². The van der Waals surface area contributed by atoms with Gasteiger partial charge in [0.05, 0.1) is 13.0 Å². The number of fused-ring (bicyclic) bond motifs is 2. The van der Waals surface area contributed by atoms with Crippen LogP contribution < -0.4 is 9.47 Å². The topological polar surface area (TPSA) is 55.8 Å². The second-order valence-electron chi connectivity index (χ2n) is 6.29. The first-order chi connectivity index (χ1) is 11.6. The zero-order valence-electron chi connectivity index (χ0n) is 13.0. The van der Waals surface area contributed by atoms with Crippen LogP contribution in [0.25, 0.3) is 0 Å². The van der Waals surface area contributed by atoms with E-state index in [1.165, 1.54) is 11.1 Å². The molecule has 1 heterocycles. The van der Waals surface area contributed by atoms with E-state index in [0.717, 1.165) is 34.4 Å². The summed E-state index contributed by atoms with van der Waals surface area (Å²) in [6.07, 6.45) is 2.13. The lowest BCUT2D eigenvalue weighted by atomic mass is 9.98. The van der Waals surface area contributed by atoms with Gasteiger partial charge in [-0.25, -0.2) is 0 Å². The molecule has 124 valence electrons. The van der Waals surface area contributed by atoms with E-state index < -0.39 is 5.97 Å². The van der Waals surface area contributed by atoms with Gasteiger partial charge in [0.25, 0.3) is 0 Å².